The Morgan fingerprint density at radius 2 is 2.38 bits per heavy atom. The van der Waals surface area contributed by atoms with Gasteiger partial charge in [-0.1, -0.05) is 6.58 Å². The lowest BCUT2D eigenvalue weighted by Crippen LogP contribution is -2.37. The van der Waals surface area contributed by atoms with Crippen LogP contribution in [0, 0.1) is 11.8 Å². The highest BCUT2D eigenvalue weighted by Gasteiger charge is 2.51. The van der Waals surface area contributed by atoms with Crippen LogP contribution in [0.2, 0.25) is 0 Å². The normalized spacial score (nSPS) is 41.9. The zero-order chi connectivity index (χ0) is 9.47. The molecule has 0 aromatic rings. The molecule has 2 fully saturated rings. The van der Waals surface area contributed by atoms with Crippen molar-refractivity contribution in [1.82, 2.24) is 0 Å². The van der Waals surface area contributed by atoms with Crippen LogP contribution in [0.1, 0.15) is 32.6 Å². The maximum Gasteiger partial charge on any atom is 0.303 e. The van der Waals surface area contributed by atoms with Crippen molar-refractivity contribution < 1.29 is 9.53 Å². The van der Waals surface area contributed by atoms with Crippen molar-refractivity contribution in [3.8, 4) is 0 Å². The molecule has 3 unspecified atom stereocenters. The van der Waals surface area contributed by atoms with Gasteiger partial charge in [-0.15, -0.1) is 0 Å². The van der Waals surface area contributed by atoms with Gasteiger partial charge in [0.15, 0.2) is 0 Å². The minimum Gasteiger partial charge on any atom is -0.455 e. The summed E-state index contributed by atoms with van der Waals surface area (Å²) in [5.41, 5.74) is -0.311. The average Bonchev–Trinajstić information content (AvgIpc) is 2.62. The number of carbonyl (C=O) groups is 1. The number of rotatable bonds is 2. The van der Waals surface area contributed by atoms with Crippen molar-refractivity contribution in [2.75, 3.05) is 0 Å². The molecule has 13 heavy (non-hydrogen) atoms. The predicted octanol–water partition coefficient (Wildman–Crippen LogP) is 2.29. The van der Waals surface area contributed by atoms with Gasteiger partial charge in [0.05, 0.1) is 0 Å². The summed E-state index contributed by atoms with van der Waals surface area (Å²) < 4.78 is 5.42. The van der Waals surface area contributed by atoms with Crippen LogP contribution in [0.25, 0.3) is 0 Å². The van der Waals surface area contributed by atoms with Gasteiger partial charge in [-0.2, -0.15) is 0 Å². The van der Waals surface area contributed by atoms with E-state index in [9.17, 15) is 4.79 Å². The number of ether oxygens (including phenoxy) is 1. The highest BCUT2D eigenvalue weighted by molar-refractivity contribution is 5.67. The van der Waals surface area contributed by atoms with Crippen molar-refractivity contribution >= 4 is 5.97 Å². The molecule has 2 aliphatic carbocycles. The highest BCUT2D eigenvalue weighted by Crippen LogP contribution is 2.53. The van der Waals surface area contributed by atoms with Crippen LogP contribution < -0.4 is 0 Å². The number of esters is 1. The molecule has 0 aliphatic heterocycles. The van der Waals surface area contributed by atoms with E-state index in [0.29, 0.717) is 5.92 Å². The first-order valence-electron chi connectivity index (χ1n) is 4.99. The van der Waals surface area contributed by atoms with Crippen LogP contribution in [-0.4, -0.2) is 11.6 Å². The monoisotopic (exact) mass is 180 g/mol. The largest absolute Gasteiger partial charge is 0.455 e. The van der Waals surface area contributed by atoms with E-state index >= 15 is 0 Å². The zero-order valence-corrected chi connectivity index (χ0v) is 8.08. The Bertz CT molecular complexity index is 246. The van der Waals surface area contributed by atoms with Crippen LogP contribution >= 0.6 is 0 Å². The zero-order valence-electron chi connectivity index (χ0n) is 8.08. The molecule has 2 rings (SSSR count). The Balaban J connectivity index is 2.17. The van der Waals surface area contributed by atoms with E-state index in [1.807, 2.05) is 6.08 Å². The molecule has 0 radical (unpaired) electrons. The molecule has 0 aromatic heterocycles. The number of carbonyl (C=O) groups excluding carboxylic acids is 1. The first-order chi connectivity index (χ1) is 6.16. The third-order valence-electron chi connectivity index (χ3n) is 3.52. The van der Waals surface area contributed by atoms with E-state index in [4.69, 9.17) is 4.74 Å². The Morgan fingerprint density at radius 3 is 2.77 bits per heavy atom. The lowest BCUT2D eigenvalue weighted by Gasteiger charge is -2.33. The third kappa shape index (κ3) is 1.28. The van der Waals surface area contributed by atoms with E-state index in [2.05, 4.69) is 6.58 Å². The summed E-state index contributed by atoms with van der Waals surface area (Å²) >= 11 is 0. The smallest absolute Gasteiger partial charge is 0.303 e. The maximum absolute atomic E-state index is 11.0. The van der Waals surface area contributed by atoms with Crippen LogP contribution in [0.5, 0.6) is 0 Å². The molecular weight excluding hydrogens is 164 g/mol. The number of hydrogen-bond acceptors (Lipinski definition) is 2. The molecule has 2 saturated carbocycles. The first kappa shape index (κ1) is 8.79. The van der Waals surface area contributed by atoms with E-state index in [-0.39, 0.29) is 11.6 Å². The predicted molar refractivity (Wildman–Crippen MR) is 50.1 cm³/mol. The molecule has 3 atom stereocenters. The van der Waals surface area contributed by atoms with Crippen LogP contribution in [-0.2, 0) is 9.53 Å². The fraction of sp³-hybridized carbons (Fsp3) is 0.727. The van der Waals surface area contributed by atoms with Gasteiger partial charge in [-0.3, -0.25) is 4.79 Å². The second-order valence-electron chi connectivity index (χ2n) is 4.33. The molecule has 0 amide bonds. The van der Waals surface area contributed by atoms with Crippen molar-refractivity contribution in [2.24, 2.45) is 11.8 Å². The van der Waals surface area contributed by atoms with Crippen molar-refractivity contribution in [3.05, 3.63) is 12.7 Å². The van der Waals surface area contributed by atoms with Crippen molar-refractivity contribution in [3.63, 3.8) is 0 Å². The summed E-state index contributed by atoms with van der Waals surface area (Å²) in [4.78, 5) is 11.0. The topological polar surface area (TPSA) is 26.3 Å². The van der Waals surface area contributed by atoms with E-state index in [1.54, 1.807) is 0 Å². The van der Waals surface area contributed by atoms with Crippen LogP contribution in [0.4, 0.5) is 0 Å². The third-order valence-corrected chi connectivity index (χ3v) is 3.52. The van der Waals surface area contributed by atoms with E-state index in [1.165, 1.54) is 26.2 Å². The SMILES string of the molecule is C=CC1(OC(C)=O)CC2CCC1C2. The minimum absolute atomic E-state index is 0.174. The Morgan fingerprint density at radius 1 is 1.62 bits per heavy atom. The summed E-state index contributed by atoms with van der Waals surface area (Å²) in [7, 11) is 0. The second-order valence-corrected chi connectivity index (χ2v) is 4.33. The molecule has 0 heterocycles. The van der Waals surface area contributed by atoms with E-state index in [0.717, 1.165) is 12.3 Å². The molecule has 0 saturated heterocycles. The highest BCUT2D eigenvalue weighted by atomic mass is 16.6. The van der Waals surface area contributed by atoms with Crippen molar-refractivity contribution in [2.45, 2.75) is 38.2 Å². The van der Waals surface area contributed by atoms with Gasteiger partial charge < -0.3 is 4.74 Å². The van der Waals surface area contributed by atoms with Crippen LogP contribution in [0.15, 0.2) is 12.7 Å². The molecule has 72 valence electrons. The van der Waals surface area contributed by atoms with Gasteiger partial charge in [-0.25, -0.2) is 0 Å². The molecule has 2 nitrogen and oxygen atoms in total. The fourth-order valence-electron chi connectivity index (χ4n) is 3.01. The summed E-state index contributed by atoms with van der Waals surface area (Å²) in [5.74, 6) is 1.13. The molecule has 0 aromatic carbocycles. The molecule has 2 heteroatoms. The number of fused-ring (bicyclic) bond motifs is 2. The Kier molecular flexibility index (Phi) is 1.94. The molecule has 0 spiro atoms. The van der Waals surface area contributed by atoms with Crippen LogP contribution in [0.3, 0.4) is 0 Å². The van der Waals surface area contributed by atoms with Gasteiger partial charge in [0.25, 0.3) is 0 Å². The van der Waals surface area contributed by atoms with Gasteiger partial charge >= 0.3 is 5.97 Å². The molecule has 2 aliphatic rings. The standard InChI is InChI=1S/C11H16O2/c1-3-11(13-8(2)12)7-9-4-5-10(11)6-9/h3,9-10H,1,4-7H2,2H3. The second kappa shape index (κ2) is 2.86. The van der Waals surface area contributed by atoms with Gasteiger partial charge in [-0.05, 0) is 37.7 Å². The summed E-state index contributed by atoms with van der Waals surface area (Å²) in [6.07, 6.45) is 6.57. The summed E-state index contributed by atoms with van der Waals surface area (Å²) in [6.45, 7) is 5.29. The fourth-order valence-corrected chi connectivity index (χ4v) is 3.01. The molecule has 0 N–H and O–H groups in total. The average molecular weight is 180 g/mol. The minimum atomic E-state index is -0.311. The molecular formula is C11H16O2. The lowest BCUT2D eigenvalue weighted by atomic mass is 9.84. The van der Waals surface area contributed by atoms with Gasteiger partial charge in [0.1, 0.15) is 5.60 Å². The molecule has 2 bridgehead atoms. The summed E-state index contributed by atoms with van der Waals surface area (Å²) in [6, 6.07) is 0. The van der Waals surface area contributed by atoms with Gasteiger partial charge in [0, 0.05) is 12.8 Å². The van der Waals surface area contributed by atoms with Gasteiger partial charge in [0.2, 0.25) is 0 Å². The number of hydrogen-bond donors (Lipinski definition) is 0. The Hall–Kier alpha value is -0.790. The Labute approximate surface area is 79.0 Å². The van der Waals surface area contributed by atoms with Crippen molar-refractivity contribution in [1.29, 1.82) is 0 Å². The quantitative estimate of drug-likeness (QED) is 0.481. The lowest BCUT2D eigenvalue weighted by molar-refractivity contribution is -0.156. The van der Waals surface area contributed by atoms with E-state index < -0.39 is 0 Å². The maximum atomic E-state index is 11.0. The summed E-state index contributed by atoms with van der Waals surface area (Å²) in [5, 5.41) is 0. The first-order valence-corrected chi connectivity index (χ1v) is 4.99.